The van der Waals surface area contributed by atoms with E-state index >= 15 is 0 Å². The summed E-state index contributed by atoms with van der Waals surface area (Å²) in [5.74, 6) is -10.8. The fourth-order valence-corrected chi connectivity index (χ4v) is 4.80. The third-order valence-corrected chi connectivity index (χ3v) is 7.35. The standard InChI is InChI=1S/C27H44N12O11/c28-3-1-2-11(30)4-18(42)35-14-8-32-26(49)20(12-5-19(43)39-17(6-29)34-12)22(45)21(44)13(7-33-27(31)50)36-24(47)15(9-40)38-25(48)16(10-41)37-23(14)46/h6-7,11-12,14-16,19-20,34,39-41,43H,1-5,8-10,28-30H2,(H,32,49)(H,35,42)(H,36,47)(H,37,46)(H,38,48)(H3,31,33,50)/b13-7-,17-6+/t11-,12+,14?,15-,16-,19-,20+/m0/s1. The van der Waals surface area contributed by atoms with Gasteiger partial charge in [0.15, 0.2) is 0 Å². The first-order chi connectivity index (χ1) is 23.6. The van der Waals surface area contributed by atoms with Gasteiger partial charge >= 0.3 is 6.03 Å². The van der Waals surface area contributed by atoms with Crippen LogP contribution in [0.1, 0.15) is 25.7 Å². The summed E-state index contributed by atoms with van der Waals surface area (Å²) < 4.78 is 0. The minimum absolute atomic E-state index is 0.0412. The molecule has 0 saturated carbocycles. The van der Waals surface area contributed by atoms with Crippen molar-refractivity contribution in [3.8, 4) is 0 Å². The monoisotopic (exact) mass is 712 g/mol. The van der Waals surface area contributed by atoms with E-state index in [0.29, 0.717) is 25.6 Å². The highest BCUT2D eigenvalue weighted by molar-refractivity contribution is 6.47. The molecule has 2 saturated heterocycles. The molecular formula is C27H44N12O11. The summed E-state index contributed by atoms with van der Waals surface area (Å²) in [4.78, 5) is 105. The van der Waals surface area contributed by atoms with E-state index < -0.39 is 115 Å². The molecule has 0 aliphatic carbocycles. The van der Waals surface area contributed by atoms with Crippen molar-refractivity contribution in [3.05, 3.63) is 23.9 Å². The average molecular weight is 713 g/mol. The molecule has 0 bridgehead atoms. The maximum atomic E-state index is 13.8. The molecule has 1 unspecified atom stereocenters. The van der Waals surface area contributed by atoms with Crippen molar-refractivity contribution >= 4 is 47.1 Å². The van der Waals surface area contributed by atoms with Crippen LogP contribution in [0, 0.1) is 5.92 Å². The molecule has 0 aromatic rings. The van der Waals surface area contributed by atoms with E-state index in [1.807, 2.05) is 10.6 Å². The van der Waals surface area contributed by atoms with Crippen LogP contribution in [0.3, 0.4) is 0 Å². The summed E-state index contributed by atoms with van der Waals surface area (Å²) in [5, 5.41) is 48.0. The molecule has 0 aromatic carbocycles. The molecule has 2 rings (SSSR count). The number of primary amides is 1. The van der Waals surface area contributed by atoms with Crippen LogP contribution in [0.15, 0.2) is 23.9 Å². The first kappa shape index (κ1) is 40.8. The fraction of sp³-hybridized carbons (Fsp3) is 0.556. The van der Waals surface area contributed by atoms with Crippen molar-refractivity contribution in [2.75, 3.05) is 26.3 Å². The number of rotatable bonds is 10. The van der Waals surface area contributed by atoms with E-state index in [2.05, 4.69) is 31.9 Å². The molecule has 23 heteroatoms. The minimum atomic E-state index is -2.03. The topological polar surface area (TPSA) is 398 Å². The maximum Gasteiger partial charge on any atom is 0.316 e. The Balaban J connectivity index is 2.63. The Morgan fingerprint density at radius 3 is 2.18 bits per heavy atom. The number of nitrogens with two attached hydrogens (primary N) is 4. The summed E-state index contributed by atoms with van der Waals surface area (Å²) in [6.45, 7) is -2.59. The molecule has 2 aliphatic rings. The molecule has 23 nitrogen and oxygen atoms in total. The minimum Gasteiger partial charge on any atom is -0.402 e. The third kappa shape index (κ3) is 12.0. The highest BCUT2D eigenvalue weighted by Gasteiger charge is 2.43. The Bertz CT molecular complexity index is 1370. The van der Waals surface area contributed by atoms with Crippen molar-refractivity contribution in [1.29, 1.82) is 0 Å². The van der Waals surface area contributed by atoms with Crippen LogP contribution < -0.4 is 65.5 Å². The van der Waals surface area contributed by atoms with E-state index in [1.54, 1.807) is 0 Å². The van der Waals surface area contributed by atoms with Gasteiger partial charge in [-0.2, -0.15) is 0 Å². The van der Waals surface area contributed by atoms with Gasteiger partial charge in [0.05, 0.1) is 19.3 Å². The molecule has 0 spiro atoms. The summed E-state index contributed by atoms with van der Waals surface area (Å²) in [7, 11) is 0. The van der Waals surface area contributed by atoms with Gasteiger partial charge in [-0.1, -0.05) is 0 Å². The Kier molecular flexibility index (Phi) is 16.0. The number of carbonyl (C=O) groups excluding carboxylic acids is 8. The number of allylic oxidation sites excluding steroid dienone is 1. The van der Waals surface area contributed by atoms with Crippen molar-refractivity contribution in [1.82, 2.24) is 42.5 Å². The lowest BCUT2D eigenvalue weighted by molar-refractivity contribution is -0.143. The number of urea groups is 1. The summed E-state index contributed by atoms with van der Waals surface area (Å²) >= 11 is 0. The Morgan fingerprint density at radius 1 is 0.940 bits per heavy atom. The normalized spacial score (nSPS) is 27.9. The van der Waals surface area contributed by atoms with Crippen molar-refractivity contribution < 1.29 is 53.7 Å². The van der Waals surface area contributed by atoms with Crippen molar-refractivity contribution in [3.63, 3.8) is 0 Å². The van der Waals surface area contributed by atoms with Gasteiger partial charge in [-0.05, 0) is 19.4 Å². The summed E-state index contributed by atoms with van der Waals surface area (Å²) in [6.07, 6.45) is 0.309. The van der Waals surface area contributed by atoms with Gasteiger partial charge in [-0.3, -0.25) is 33.6 Å². The largest absolute Gasteiger partial charge is 0.402 e. The van der Waals surface area contributed by atoms with Gasteiger partial charge in [0.1, 0.15) is 41.8 Å². The summed E-state index contributed by atoms with van der Waals surface area (Å²) in [6, 6.07) is -8.58. The molecule has 7 atom stereocenters. The lowest BCUT2D eigenvalue weighted by Gasteiger charge is -2.35. The maximum absolute atomic E-state index is 13.8. The molecule has 0 radical (unpaired) electrons. The second kappa shape index (κ2) is 19.6. The first-order valence-corrected chi connectivity index (χ1v) is 15.3. The number of aliphatic hydroxyl groups excluding tert-OH is 3. The number of carbonyl (C=O) groups is 8. The van der Waals surface area contributed by atoms with Crippen LogP contribution in [0.5, 0.6) is 0 Å². The Hall–Kier alpha value is -5.36. The van der Waals surface area contributed by atoms with Gasteiger partial charge in [-0.15, -0.1) is 0 Å². The zero-order valence-electron chi connectivity index (χ0n) is 26.8. The number of hydrogen-bond donors (Lipinski definition) is 15. The van der Waals surface area contributed by atoms with E-state index in [4.69, 9.17) is 22.9 Å². The van der Waals surface area contributed by atoms with E-state index in [-0.39, 0.29) is 18.7 Å². The zero-order chi connectivity index (χ0) is 37.5. The van der Waals surface area contributed by atoms with E-state index in [1.165, 1.54) is 0 Å². The number of hydrogen-bond acceptors (Lipinski definition) is 16. The number of aliphatic hydroxyl groups is 3. The highest BCUT2D eigenvalue weighted by Crippen LogP contribution is 2.19. The number of amides is 7. The van der Waals surface area contributed by atoms with Gasteiger partial charge in [0.2, 0.25) is 41.1 Å². The smallest absolute Gasteiger partial charge is 0.316 e. The Morgan fingerprint density at radius 2 is 1.58 bits per heavy atom. The molecule has 278 valence electrons. The van der Waals surface area contributed by atoms with Crippen LogP contribution >= 0.6 is 0 Å². The predicted molar refractivity (Wildman–Crippen MR) is 169 cm³/mol. The SMILES string of the molecule is N/C=C1/N[C@@H](O)C[C@H]([C@H]2C(=O)NCC(NC(=O)C[C@@H](N)CCCN)C(=O)N[C@@H](CO)C(=O)N[C@@H](CO)C(=O)N/C(=C\NC(N)=O)C(=O)C2=O)N1. The molecule has 19 N–H and O–H groups in total. The van der Waals surface area contributed by atoms with Crippen molar-refractivity contribution in [2.45, 2.75) is 62.1 Å². The van der Waals surface area contributed by atoms with Crippen LogP contribution in [0.4, 0.5) is 4.79 Å². The quantitative estimate of drug-likeness (QED) is 0.0568. The van der Waals surface area contributed by atoms with Crippen molar-refractivity contribution in [2.24, 2.45) is 28.9 Å². The molecule has 2 fully saturated rings. The highest BCUT2D eigenvalue weighted by atomic mass is 16.3. The Labute approximate surface area is 284 Å². The fourth-order valence-electron chi connectivity index (χ4n) is 4.80. The lowest BCUT2D eigenvalue weighted by Crippen LogP contribution is -2.62. The summed E-state index contributed by atoms with van der Waals surface area (Å²) in [5.41, 5.74) is 21.1. The van der Waals surface area contributed by atoms with Crippen LogP contribution in [-0.2, 0) is 33.6 Å². The predicted octanol–water partition coefficient (Wildman–Crippen LogP) is -8.58. The van der Waals surface area contributed by atoms with Gasteiger partial charge in [0.25, 0.3) is 0 Å². The van der Waals surface area contributed by atoms with Crippen LogP contribution in [-0.4, -0.2) is 125 Å². The van der Waals surface area contributed by atoms with Crippen LogP contribution in [0.25, 0.3) is 0 Å². The lowest BCUT2D eigenvalue weighted by atomic mass is 9.87. The average Bonchev–Trinajstić information content (AvgIpc) is 3.07. The molecule has 2 aliphatic heterocycles. The molecule has 2 heterocycles. The second-order valence-corrected chi connectivity index (χ2v) is 11.2. The number of nitrogens with one attached hydrogen (secondary N) is 8. The first-order valence-electron chi connectivity index (χ1n) is 15.3. The van der Waals surface area contributed by atoms with Gasteiger partial charge < -0.3 is 80.8 Å². The van der Waals surface area contributed by atoms with Gasteiger partial charge in [-0.25, -0.2) is 4.79 Å². The molecule has 0 aromatic heterocycles. The van der Waals surface area contributed by atoms with E-state index in [9.17, 15) is 53.7 Å². The molecule has 50 heavy (non-hydrogen) atoms. The number of ketones is 2. The molecule has 7 amide bonds. The number of Topliss-reactive ketones (excluding diaryl/α,β-unsaturated/α-hetero) is 2. The van der Waals surface area contributed by atoms with Gasteiger partial charge in [0, 0.05) is 37.8 Å². The third-order valence-electron chi connectivity index (χ3n) is 7.35. The van der Waals surface area contributed by atoms with E-state index in [0.717, 1.165) is 6.20 Å². The molecular weight excluding hydrogens is 668 g/mol. The zero-order valence-corrected chi connectivity index (χ0v) is 26.8. The van der Waals surface area contributed by atoms with Crippen LogP contribution in [0.2, 0.25) is 0 Å². The second-order valence-electron chi connectivity index (χ2n) is 11.2.